The Hall–Kier alpha value is -0.0800. The lowest BCUT2D eigenvalue weighted by molar-refractivity contribution is 0.207. The predicted octanol–water partition coefficient (Wildman–Crippen LogP) is 2.63. The van der Waals surface area contributed by atoms with Crippen LogP contribution in [0, 0.1) is 10.8 Å². The van der Waals surface area contributed by atoms with Crippen molar-refractivity contribution in [2.75, 3.05) is 26.2 Å². The summed E-state index contributed by atoms with van der Waals surface area (Å²) in [5, 5.41) is 0. The van der Waals surface area contributed by atoms with Crippen molar-refractivity contribution in [1.82, 2.24) is 4.90 Å². The van der Waals surface area contributed by atoms with Crippen molar-refractivity contribution >= 4 is 0 Å². The molecule has 1 aliphatic carbocycles. The van der Waals surface area contributed by atoms with E-state index in [1.165, 1.54) is 58.2 Å². The molecule has 1 saturated heterocycles. The minimum atomic E-state index is 0.631. The summed E-state index contributed by atoms with van der Waals surface area (Å²) >= 11 is 0. The zero-order chi connectivity index (χ0) is 11.6. The minimum Gasteiger partial charge on any atom is -0.330 e. The molecule has 2 nitrogen and oxygen atoms in total. The Bertz CT molecular complexity index is 229. The van der Waals surface area contributed by atoms with Crippen LogP contribution < -0.4 is 5.73 Å². The van der Waals surface area contributed by atoms with Crippen LogP contribution in [0.3, 0.4) is 0 Å². The van der Waals surface area contributed by atoms with Gasteiger partial charge in [-0.2, -0.15) is 0 Å². The van der Waals surface area contributed by atoms with Crippen molar-refractivity contribution in [2.24, 2.45) is 16.6 Å². The summed E-state index contributed by atoms with van der Waals surface area (Å²) in [6, 6.07) is 0. The van der Waals surface area contributed by atoms with Crippen molar-refractivity contribution in [3.8, 4) is 0 Å². The molecule has 1 saturated carbocycles. The lowest BCUT2D eigenvalue weighted by Crippen LogP contribution is -2.32. The maximum atomic E-state index is 5.72. The predicted molar refractivity (Wildman–Crippen MR) is 69.4 cm³/mol. The number of likely N-dealkylation sites (tertiary alicyclic amines) is 1. The SMILES string of the molecule is CCC1(CC)CCN(CC2(CCN)CC2)C1. The Kier molecular flexibility index (Phi) is 3.60. The van der Waals surface area contributed by atoms with Gasteiger partial charge in [0.2, 0.25) is 0 Å². The summed E-state index contributed by atoms with van der Waals surface area (Å²) < 4.78 is 0. The summed E-state index contributed by atoms with van der Waals surface area (Å²) in [5.74, 6) is 0. The summed E-state index contributed by atoms with van der Waals surface area (Å²) in [5.41, 5.74) is 6.98. The smallest absolute Gasteiger partial charge is 0.00387 e. The zero-order valence-corrected chi connectivity index (χ0v) is 11.1. The van der Waals surface area contributed by atoms with Crippen molar-refractivity contribution < 1.29 is 0 Å². The van der Waals surface area contributed by atoms with Gasteiger partial charge in [-0.1, -0.05) is 13.8 Å². The molecule has 16 heavy (non-hydrogen) atoms. The quantitative estimate of drug-likeness (QED) is 0.751. The Balaban J connectivity index is 1.85. The average Bonchev–Trinajstić information content (AvgIpc) is 2.92. The molecule has 0 radical (unpaired) electrons. The largest absolute Gasteiger partial charge is 0.330 e. The van der Waals surface area contributed by atoms with Gasteiger partial charge in [0.25, 0.3) is 0 Å². The van der Waals surface area contributed by atoms with E-state index < -0.39 is 0 Å². The topological polar surface area (TPSA) is 29.3 Å². The molecule has 0 aromatic carbocycles. The van der Waals surface area contributed by atoms with Gasteiger partial charge in [-0.15, -0.1) is 0 Å². The van der Waals surface area contributed by atoms with Gasteiger partial charge in [-0.25, -0.2) is 0 Å². The van der Waals surface area contributed by atoms with Crippen LogP contribution in [-0.4, -0.2) is 31.1 Å². The Labute approximate surface area is 101 Å². The molecular weight excluding hydrogens is 196 g/mol. The number of hydrogen-bond donors (Lipinski definition) is 1. The molecule has 0 bridgehead atoms. The molecule has 2 heteroatoms. The second-order valence-corrected chi connectivity index (χ2v) is 6.21. The standard InChI is InChI=1S/C14H28N2/c1-3-13(4-2)8-10-16(11-13)12-14(5-6-14)7-9-15/h3-12,15H2,1-2H3. The van der Waals surface area contributed by atoms with E-state index in [1.54, 1.807) is 0 Å². The Morgan fingerprint density at radius 1 is 1.06 bits per heavy atom. The van der Waals surface area contributed by atoms with E-state index in [0.29, 0.717) is 10.8 Å². The van der Waals surface area contributed by atoms with Gasteiger partial charge in [0.05, 0.1) is 0 Å². The highest BCUT2D eigenvalue weighted by Crippen LogP contribution is 2.50. The van der Waals surface area contributed by atoms with Crippen LogP contribution in [0.5, 0.6) is 0 Å². The minimum absolute atomic E-state index is 0.631. The van der Waals surface area contributed by atoms with E-state index in [0.717, 1.165) is 6.54 Å². The van der Waals surface area contributed by atoms with Crippen LogP contribution in [0.25, 0.3) is 0 Å². The molecule has 94 valence electrons. The summed E-state index contributed by atoms with van der Waals surface area (Å²) in [7, 11) is 0. The first-order valence-corrected chi connectivity index (χ1v) is 7.10. The fraction of sp³-hybridized carbons (Fsp3) is 1.00. The van der Waals surface area contributed by atoms with Gasteiger partial charge < -0.3 is 10.6 Å². The third-order valence-corrected chi connectivity index (χ3v) is 5.21. The maximum Gasteiger partial charge on any atom is 0.00387 e. The van der Waals surface area contributed by atoms with E-state index in [-0.39, 0.29) is 0 Å². The van der Waals surface area contributed by atoms with E-state index in [1.807, 2.05) is 0 Å². The van der Waals surface area contributed by atoms with E-state index in [2.05, 4.69) is 18.7 Å². The molecule has 2 N–H and O–H groups in total. The molecule has 0 amide bonds. The van der Waals surface area contributed by atoms with Crippen LogP contribution in [0.1, 0.15) is 52.4 Å². The molecule has 0 unspecified atom stereocenters. The molecule has 0 aromatic rings. The van der Waals surface area contributed by atoms with Crippen molar-refractivity contribution in [2.45, 2.75) is 52.4 Å². The van der Waals surface area contributed by atoms with Crippen LogP contribution in [0.15, 0.2) is 0 Å². The fourth-order valence-electron chi connectivity index (χ4n) is 3.43. The van der Waals surface area contributed by atoms with Crippen molar-refractivity contribution in [3.63, 3.8) is 0 Å². The third kappa shape index (κ3) is 2.43. The van der Waals surface area contributed by atoms with Crippen LogP contribution in [0.2, 0.25) is 0 Å². The molecule has 0 spiro atoms. The lowest BCUT2D eigenvalue weighted by Gasteiger charge is -2.28. The van der Waals surface area contributed by atoms with Gasteiger partial charge in [-0.3, -0.25) is 0 Å². The van der Waals surface area contributed by atoms with E-state index in [4.69, 9.17) is 5.73 Å². The van der Waals surface area contributed by atoms with Crippen molar-refractivity contribution in [3.05, 3.63) is 0 Å². The van der Waals surface area contributed by atoms with Gasteiger partial charge >= 0.3 is 0 Å². The highest BCUT2D eigenvalue weighted by atomic mass is 15.2. The lowest BCUT2D eigenvalue weighted by atomic mass is 9.82. The molecule has 0 atom stereocenters. The molecule has 2 fully saturated rings. The second-order valence-electron chi connectivity index (χ2n) is 6.21. The number of hydrogen-bond acceptors (Lipinski definition) is 2. The number of nitrogens with two attached hydrogens (primary N) is 1. The molecule has 1 heterocycles. The zero-order valence-electron chi connectivity index (χ0n) is 11.1. The molecule has 1 aliphatic heterocycles. The fourth-order valence-corrected chi connectivity index (χ4v) is 3.43. The third-order valence-electron chi connectivity index (χ3n) is 5.21. The monoisotopic (exact) mass is 224 g/mol. The summed E-state index contributed by atoms with van der Waals surface area (Å²) in [6.07, 6.45) is 8.21. The summed E-state index contributed by atoms with van der Waals surface area (Å²) in [4.78, 5) is 2.72. The van der Waals surface area contributed by atoms with Crippen LogP contribution in [0.4, 0.5) is 0 Å². The second kappa shape index (κ2) is 4.66. The first kappa shape index (κ1) is 12.4. The average molecular weight is 224 g/mol. The van der Waals surface area contributed by atoms with Gasteiger partial charge in [-0.05, 0) is 62.4 Å². The van der Waals surface area contributed by atoms with Crippen molar-refractivity contribution in [1.29, 1.82) is 0 Å². The van der Waals surface area contributed by atoms with Gasteiger partial charge in [0.1, 0.15) is 0 Å². The number of rotatable bonds is 6. The highest BCUT2D eigenvalue weighted by Gasteiger charge is 2.45. The molecule has 0 aromatic heterocycles. The molecule has 2 rings (SSSR count). The van der Waals surface area contributed by atoms with Gasteiger partial charge in [0.15, 0.2) is 0 Å². The Morgan fingerprint density at radius 3 is 2.19 bits per heavy atom. The maximum absolute atomic E-state index is 5.72. The first-order chi connectivity index (χ1) is 7.67. The van der Waals surface area contributed by atoms with E-state index in [9.17, 15) is 0 Å². The van der Waals surface area contributed by atoms with Gasteiger partial charge in [0, 0.05) is 13.1 Å². The van der Waals surface area contributed by atoms with Crippen LogP contribution >= 0.6 is 0 Å². The summed E-state index contributed by atoms with van der Waals surface area (Å²) in [6.45, 7) is 9.59. The molecule has 2 aliphatic rings. The first-order valence-electron chi connectivity index (χ1n) is 7.10. The van der Waals surface area contributed by atoms with E-state index >= 15 is 0 Å². The highest BCUT2D eigenvalue weighted by molar-refractivity contribution is 4.98. The molecular formula is C14H28N2. The normalized spacial score (nSPS) is 27.2. The Morgan fingerprint density at radius 2 is 1.75 bits per heavy atom. The van der Waals surface area contributed by atoms with Crippen LogP contribution in [-0.2, 0) is 0 Å². The number of nitrogens with zero attached hydrogens (tertiary/aromatic N) is 1.